The van der Waals surface area contributed by atoms with Crippen molar-refractivity contribution in [1.29, 1.82) is 0 Å². The van der Waals surface area contributed by atoms with Crippen LogP contribution in [0.3, 0.4) is 0 Å². The van der Waals surface area contributed by atoms with E-state index < -0.39 is 70.8 Å². The Bertz CT molecular complexity index is 1250. The van der Waals surface area contributed by atoms with Gasteiger partial charge in [-0.15, -0.1) is 0 Å². The molecule has 5 atom stereocenters. The Kier molecular flexibility index (Phi) is 6.25. The highest BCUT2D eigenvalue weighted by Crippen LogP contribution is 2.41. The molecule has 12 nitrogen and oxygen atoms in total. The average molecular weight is 482 g/mol. The predicted molar refractivity (Wildman–Crippen MR) is 111 cm³/mol. The summed E-state index contributed by atoms with van der Waals surface area (Å²) in [7, 11) is 0. The first-order chi connectivity index (χ1) is 15.7. The Labute approximate surface area is 187 Å². The van der Waals surface area contributed by atoms with Crippen molar-refractivity contribution in [3.05, 3.63) is 46.6 Å². The fourth-order valence-corrected chi connectivity index (χ4v) is 3.72. The Morgan fingerprint density at radius 2 is 1.76 bits per heavy atom. The quantitative estimate of drug-likeness (QED) is 0.219. The molecule has 13 heteroatoms. The van der Waals surface area contributed by atoms with E-state index in [9.17, 15) is 34.5 Å². The number of ether oxygens (including phenoxy) is 2. The molecule has 176 valence electrons. The van der Waals surface area contributed by atoms with Gasteiger partial charge in [-0.2, -0.15) is 4.21 Å². The van der Waals surface area contributed by atoms with Crippen LogP contribution in [0.15, 0.2) is 45.6 Å². The summed E-state index contributed by atoms with van der Waals surface area (Å²) in [5.41, 5.74) is -0.716. The van der Waals surface area contributed by atoms with Crippen LogP contribution in [0, 0.1) is 0 Å². The highest BCUT2D eigenvalue weighted by Gasteiger charge is 2.43. The third-order valence-corrected chi connectivity index (χ3v) is 5.33. The molecule has 5 unspecified atom stereocenters. The van der Waals surface area contributed by atoms with E-state index in [2.05, 4.69) is 4.18 Å². The van der Waals surface area contributed by atoms with Crippen molar-refractivity contribution in [2.75, 3.05) is 6.61 Å². The van der Waals surface area contributed by atoms with Gasteiger partial charge in [-0.05, 0) is 24.3 Å². The highest BCUT2D eigenvalue weighted by atomic mass is 32.2. The summed E-state index contributed by atoms with van der Waals surface area (Å²) < 4.78 is 41.0. The van der Waals surface area contributed by atoms with E-state index in [0.717, 1.165) is 12.1 Å². The zero-order chi connectivity index (χ0) is 23.9. The molecule has 0 aliphatic carbocycles. The number of benzene rings is 2. The normalized spacial score (nSPS) is 24.0. The summed E-state index contributed by atoms with van der Waals surface area (Å²) in [6.07, 6.45) is -6.35. The topological polar surface area (TPSA) is 196 Å². The van der Waals surface area contributed by atoms with Crippen molar-refractivity contribution in [3.63, 3.8) is 0 Å². The number of hydrogen-bond donors (Lipinski definition) is 6. The molecule has 1 aliphatic rings. The second-order valence-electron chi connectivity index (χ2n) is 7.12. The maximum Gasteiger partial charge on any atom is 0.302 e. The third kappa shape index (κ3) is 4.50. The molecule has 0 spiro atoms. The van der Waals surface area contributed by atoms with Crippen LogP contribution in [0.5, 0.6) is 23.0 Å². The summed E-state index contributed by atoms with van der Waals surface area (Å²) in [5, 5.41) is 50.0. The number of aliphatic hydroxyl groups is 2. The fraction of sp³-hybridized carbons (Fsp3) is 0.250. The lowest BCUT2D eigenvalue weighted by atomic mass is 10.1. The van der Waals surface area contributed by atoms with E-state index >= 15 is 0 Å². The van der Waals surface area contributed by atoms with Gasteiger partial charge in [0.25, 0.3) is 0 Å². The van der Waals surface area contributed by atoms with Crippen molar-refractivity contribution >= 4 is 22.3 Å². The minimum atomic E-state index is -2.86. The minimum absolute atomic E-state index is 0.0153. The first-order valence-corrected chi connectivity index (χ1v) is 10.4. The maximum absolute atomic E-state index is 12.6. The van der Waals surface area contributed by atoms with Crippen molar-refractivity contribution in [1.82, 2.24) is 0 Å². The molecule has 0 bridgehead atoms. The van der Waals surface area contributed by atoms with E-state index in [1.165, 1.54) is 24.3 Å². The predicted octanol–water partition coefficient (Wildman–Crippen LogP) is 0.556. The van der Waals surface area contributed by atoms with Gasteiger partial charge in [-0.25, -0.2) is 0 Å². The Morgan fingerprint density at radius 1 is 1.06 bits per heavy atom. The van der Waals surface area contributed by atoms with Crippen LogP contribution in [0.25, 0.3) is 22.3 Å². The monoisotopic (exact) mass is 482 g/mol. The molecular formula is C20H18O12S. The zero-order valence-corrected chi connectivity index (χ0v) is 17.3. The van der Waals surface area contributed by atoms with Crippen LogP contribution >= 0.6 is 0 Å². The Hall–Kier alpha value is -3.20. The van der Waals surface area contributed by atoms with Gasteiger partial charge in [0.05, 0.1) is 6.61 Å². The van der Waals surface area contributed by atoms with Crippen molar-refractivity contribution in [2.24, 2.45) is 0 Å². The Morgan fingerprint density at radius 3 is 2.42 bits per heavy atom. The molecule has 1 fully saturated rings. The Balaban J connectivity index is 1.77. The number of rotatable bonds is 5. The molecular weight excluding hydrogens is 464 g/mol. The average Bonchev–Trinajstić information content (AvgIpc) is 2.76. The van der Waals surface area contributed by atoms with Crippen LogP contribution in [0.4, 0.5) is 0 Å². The molecule has 1 aromatic heterocycles. The number of phenols is 3. The molecule has 2 aromatic carbocycles. The van der Waals surface area contributed by atoms with Gasteiger partial charge in [0.2, 0.25) is 12.0 Å². The van der Waals surface area contributed by atoms with Crippen molar-refractivity contribution in [2.45, 2.75) is 24.6 Å². The van der Waals surface area contributed by atoms with Crippen LogP contribution < -0.4 is 10.2 Å². The molecule has 0 radical (unpaired) electrons. The molecule has 2 heterocycles. The molecule has 0 amide bonds. The number of aromatic hydroxyl groups is 3. The van der Waals surface area contributed by atoms with Gasteiger partial charge in [-0.3, -0.25) is 13.5 Å². The van der Waals surface area contributed by atoms with E-state index in [1.807, 2.05) is 0 Å². The van der Waals surface area contributed by atoms with E-state index in [1.54, 1.807) is 0 Å². The summed E-state index contributed by atoms with van der Waals surface area (Å²) in [5.74, 6) is -1.78. The van der Waals surface area contributed by atoms with Gasteiger partial charge in [0, 0.05) is 17.7 Å². The largest absolute Gasteiger partial charge is 0.508 e. The number of phenolic OH excluding ortho intramolecular Hbond substituents is 3. The molecule has 3 aromatic rings. The third-order valence-electron chi connectivity index (χ3n) is 4.94. The van der Waals surface area contributed by atoms with Gasteiger partial charge in [-0.1, -0.05) is 0 Å². The van der Waals surface area contributed by atoms with Crippen LogP contribution in [-0.4, -0.2) is 65.5 Å². The van der Waals surface area contributed by atoms with E-state index in [-0.39, 0.29) is 16.9 Å². The summed E-state index contributed by atoms with van der Waals surface area (Å²) in [4.78, 5) is 12.6. The summed E-state index contributed by atoms with van der Waals surface area (Å²) >= 11 is -2.86. The van der Waals surface area contributed by atoms with Crippen LogP contribution in [0.2, 0.25) is 0 Å². The maximum atomic E-state index is 12.6. The second kappa shape index (κ2) is 8.97. The van der Waals surface area contributed by atoms with Crippen LogP contribution in [-0.2, 0) is 20.3 Å². The van der Waals surface area contributed by atoms with E-state index in [0.29, 0.717) is 5.56 Å². The zero-order valence-electron chi connectivity index (χ0n) is 16.5. The van der Waals surface area contributed by atoms with Gasteiger partial charge in [0.15, 0.2) is 22.9 Å². The minimum Gasteiger partial charge on any atom is -0.508 e. The first-order valence-electron chi connectivity index (χ1n) is 9.40. The smallest absolute Gasteiger partial charge is 0.302 e. The first kappa shape index (κ1) is 23.0. The lowest BCUT2D eigenvalue weighted by molar-refractivity contribution is -0.234. The molecule has 6 N–H and O–H groups in total. The number of aliphatic hydroxyl groups excluding tert-OH is 2. The van der Waals surface area contributed by atoms with Crippen molar-refractivity contribution < 1.29 is 52.4 Å². The second-order valence-corrected chi connectivity index (χ2v) is 7.75. The lowest BCUT2D eigenvalue weighted by Crippen LogP contribution is -2.56. The van der Waals surface area contributed by atoms with Crippen molar-refractivity contribution in [3.8, 4) is 34.3 Å². The number of fused-ring (bicyclic) bond motifs is 1. The highest BCUT2D eigenvalue weighted by molar-refractivity contribution is 7.74. The standard InChI is InChI=1S/C20H18O12S/c21-9-3-1-8(2-4-9)13-5-10(22)15-11(23)6-14(17(26)18(15)30-13)31-20-19(32-33(27)28)16(25)12(24)7-29-20/h1-6,12,16,19-21,23-26H,7H2,(H,27,28). The summed E-state index contributed by atoms with van der Waals surface area (Å²) in [6, 6.07) is 7.65. The lowest BCUT2D eigenvalue weighted by Gasteiger charge is -2.36. The SMILES string of the molecule is O=c1cc(-c2ccc(O)cc2)oc2c(O)c(OC3OCC(O)C(O)C3OS(=O)O)cc(O)c12. The molecule has 1 saturated heterocycles. The molecule has 4 rings (SSSR count). The van der Waals surface area contributed by atoms with Gasteiger partial charge < -0.3 is 39.4 Å². The van der Waals surface area contributed by atoms with Gasteiger partial charge in [0.1, 0.15) is 34.9 Å². The number of hydrogen-bond acceptors (Lipinski definition) is 11. The van der Waals surface area contributed by atoms with E-state index in [4.69, 9.17) is 18.4 Å². The van der Waals surface area contributed by atoms with Crippen LogP contribution in [0.1, 0.15) is 0 Å². The van der Waals surface area contributed by atoms with Gasteiger partial charge >= 0.3 is 11.4 Å². The molecule has 33 heavy (non-hydrogen) atoms. The molecule has 1 aliphatic heterocycles. The molecule has 0 saturated carbocycles. The fourth-order valence-electron chi connectivity index (χ4n) is 3.33. The summed E-state index contributed by atoms with van der Waals surface area (Å²) in [6.45, 7) is -0.426.